The number of nitrogens with zero attached hydrogens (tertiary/aromatic N) is 2. The van der Waals surface area contributed by atoms with Gasteiger partial charge in [-0.3, -0.25) is 14.2 Å². The molecule has 1 heterocycles. The molecule has 3 aromatic carbocycles. The highest BCUT2D eigenvalue weighted by Crippen LogP contribution is 2.31. The first kappa shape index (κ1) is 29.4. The number of hydrogen-bond acceptors (Lipinski definition) is 6. The number of ether oxygens (including phenoxy) is 2. The number of halogens is 1. The van der Waals surface area contributed by atoms with E-state index in [0.29, 0.717) is 33.1 Å². The van der Waals surface area contributed by atoms with Crippen LogP contribution in [-0.4, -0.2) is 56.7 Å². The van der Waals surface area contributed by atoms with Crippen molar-refractivity contribution in [1.29, 1.82) is 0 Å². The molecule has 0 saturated carbocycles. The summed E-state index contributed by atoms with van der Waals surface area (Å²) < 4.78 is 12.2. The van der Waals surface area contributed by atoms with Gasteiger partial charge in [-0.2, -0.15) is 0 Å². The molecule has 0 fully saturated rings. The van der Waals surface area contributed by atoms with Crippen LogP contribution in [0.15, 0.2) is 72.8 Å². The molecule has 1 amide bonds. The van der Waals surface area contributed by atoms with Crippen molar-refractivity contribution >= 4 is 52.1 Å². The number of carbonyl (C=O) groups is 3. The highest BCUT2D eigenvalue weighted by Gasteiger charge is 2.22. The summed E-state index contributed by atoms with van der Waals surface area (Å²) in [5, 5.41) is 4.07. The van der Waals surface area contributed by atoms with Crippen LogP contribution in [0.1, 0.15) is 27.2 Å². The molecule has 4 rings (SSSR count). The Hall–Kier alpha value is -4.56. The first-order chi connectivity index (χ1) is 19.7. The number of fused-ring (bicyclic) bond motifs is 1. The second-order valence-electron chi connectivity index (χ2n) is 9.61. The van der Waals surface area contributed by atoms with Crippen LogP contribution in [0.5, 0.6) is 5.75 Å². The van der Waals surface area contributed by atoms with E-state index in [-0.39, 0.29) is 31.4 Å². The van der Waals surface area contributed by atoms with Gasteiger partial charge < -0.3 is 19.7 Å². The second-order valence-corrected chi connectivity index (χ2v) is 10.0. The van der Waals surface area contributed by atoms with Gasteiger partial charge in [0.15, 0.2) is 0 Å². The standard InChI is InChI=1S/C32H32ClN3O5/c1-21-27(20-30(37)34-17-18-41-31(38)16-7-22-5-12-25(13-6-22)35(2)3)28-19-26(40-4)14-15-29(28)36(21)32(39)23-8-10-24(33)11-9-23/h5-16,19H,17-18,20H2,1-4H3,(H,34,37)/b16-7+. The van der Waals surface area contributed by atoms with Crippen molar-refractivity contribution in [3.05, 3.63) is 100 Å². The van der Waals surface area contributed by atoms with Crippen molar-refractivity contribution in [3.63, 3.8) is 0 Å². The van der Waals surface area contributed by atoms with E-state index < -0.39 is 5.97 Å². The van der Waals surface area contributed by atoms with Crippen LogP contribution in [0.25, 0.3) is 17.0 Å². The van der Waals surface area contributed by atoms with Gasteiger partial charge in [0.1, 0.15) is 12.4 Å². The third kappa shape index (κ3) is 7.15. The number of carbonyl (C=O) groups excluding carboxylic acids is 3. The van der Waals surface area contributed by atoms with E-state index in [0.717, 1.165) is 16.6 Å². The molecule has 41 heavy (non-hydrogen) atoms. The largest absolute Gasteiger partial charge is 0.497 e. The van der Waals surface area contributed by atoms with E-state index in [1.807, 2.05) is 56.3 Å². The Kier molecular flexibility index (Phi) is 9.47. The lowest BCUT2D eigenvalue weighted by molar-refractivity contribution is -0.138. The number of methoxy groups -OCH3 is 1. The maximum absolute atomic E-state index is 13.4. The average Bonchev–Trinajstić information content (AvgIpc) is 3.24. The van der Waals surface area contributed by atoms with Crippen molar-refractivity contribution in [2.75, 3.05) is 39.3 Å². The fraction of sp³-hybridized carbons (Fsp3) is 0.219. The number of anilines is 1. The fourth-order valence-corrected chi connectivity index (χ4v) is 4.58. The van der Waals surface area contributed by atoms with E-state index in [2.05, 4.69) is 5.32 Å². The number of rotatable bonds is 10. The molecule has 1 aromatic heterocycles. The summed E-state index contributed by atoms with van der Waals surface area (Å²) in [6.45, 7) is 1.99. The van der Waals surface area contributed by atoms with Crippen LogP contribution in [0, 0.1) is 6.92 Å². The lowest BCUT2D eigenvalue weighted by Gasteiger charge is -2.11. The minimum Gasteiger partial charge on any atom is -0.497 e. The third-order valence-corrected chi connectivity index (χ3v) is 6.92. The van der Waals surface area contributed by atoms with Gasteiger partial charge in [-0.15, -0.1) is 0 Å². The Bertz CT molecular complexity index is 1590. The number of hydrogen-bond donors (Lipinski definition) is 1. The molecule has 0 spiro atoms. The molecule has 0 atom stereocenters. The molecule has 0 aliphatic heterocycles. The van der Waals surface area contributed by atoms with E-state index in [1.165, 1.54) is 6.08 Å². The SMILES string of the molecule is COc1ccc2c(c1)c(CC(=O)NCCOC(=O)/C=C/c1ccc(N(C)C)cc1)c(C)n2C(=O)c1ccc(Cl)cc1. The molecule has 0 aliphatic carbocycles. The van der Waals surface area contributed by atoms with Crippen molar-refractivity contribution in [2.45, 2.75) is 13.3 Å². The summed E-state index contributed by atoms with van der Waals surface area (Å²) in [7, 11) is 5.48. The predicted octanol–water partition coefficient (Wildman–Crippen LogP) is 5.28. The van der Waals surface area contributed by atoms with Gasteiger partial charge in [0.25, 0.3) is 5.91 Å². The summed E-state index contributed by atoms with van der Waals surface area (Å²) in [4.78, 5) is 40.4. The Labute approximate surface area is 244 Å². The Morgan fingerprint density at radius 1 is 1.00 bits per heavy atom. The van der Waals surface area contributed by atoms with E-state index in [9.17, 15) is 14.4 Å². The summed E-state index contributed by atoms with van der Waals surface area (Å²) in [6.07, 6.45) is 3.07. The third-order valence-electron chi connectivity index (χ3n) is 6.66. The molecule has 8 nitrogen and oxygen atoms in total. The Morgan fingerprint density at radius 3 is 2.37 bits per heavy atom. The highest BCUT2D eigenvalue weighted by atomic mass is 35.5. The lowest BCUT2D eigenvalue weighted by Crippen LogP contribution is -2.29. The zero-order valence-corrected chi connectivity index (χ0v) is 24.2. The number of nitrogens with one attached hydrogen (secondary N) is 1. The van der Waals surface area contributed by atoms with Gasteiger partial charge in [0.2, 0.25) is 5.91 Å². The van der Waals surface area contributed by atoms with E-state index in [4.69, 9.17) is 21.1 Å². The van der Waals surface area contributed by atoms with Gasteiger partial charge in [-0.05, 0) is 78.7 Å². The molecular weight excluding hydrogens is 542 g/mol. The minimum absolute atomic E-state index is 0.0259. The molecule has 0 bridgehead atoms. The topological polar surface area (TPSA) is 89.9 Å². The van der Waals surface area contributed by atoms with Gasteiger partial charge in [-0.1, -0.05) is 23.7 Å². The first-order valence-electron chi connectivity index (χ1n) is 13.0. The lowest BCUT2D eigenvalue weighted by atomic mass is 10.1. The van der Waals surface area contributed by atoms with Crippen LogP contribution >= 0.6 is 11.6 Å². The number of aromatic nitrogens is 1. The number of amides is 1. The van der Waals surface area contributed by atoms with Crippen LogP contribution in [0.3, 0.4) is 0 Å². The smallest absolute Gasteiger partial charge is 0.330 e. The van der Waals surface area contributed by atoms with Crippen LogP contribution in [-0.2, 0) is 20.7 Å². The molecule has 212 valence electrons. The zero-order chi connectivity index (χ0) is 29.5. The summed E-state index contributed by atoms with van der Waals surface area (Å²) in [5.41, 5.74) is 4.44. The molecule has 0 radical (unpaired) electrons. The summed E-state index contributed by atoms with van der Waals surface area (Å²) in [5.74, 6) is -0.373. The van der Waals surface area contributed by atoms with E-state index >= 15 is 0 Å². The van der Waals surface area contributed by atoms with Crippen LogP contribution in [0.4, 0.5) is 5.69 Å². The minimum atomic E-state index is -0.498. The zero-order valence-electron chi connectivity index (χ0n) is 23.4. The van der Waals surface area contributed by atoms with Crippen molar-refractivity contribution in [3.8, 4) is 5.75 Å². The van der Waals surface area contributed by atoms with Crippen LogP contribution < -0.4 is 15.0 Å². The average molecular weight is 574 g/mol. The molecule has 0 unspecified atom stereocenters. The molecule has 0 aliphatic rings. The molecule has 4 aromatic rings. The summed E-state index contributed by atoms with van der Waals surface area (Å²) in [6, 6.07) is 19.8. The van der Waals surface area contributed by atoms with Gasteiger partial charge in [-0.25, -0.2) is 4.79 Å². The highest BCUT2D eigenvalue weighted by molar-refractivity contribution is 6.30. The Morgan fingerprint density at radius 2 is 1.71 bits per heavy atom. The normalized spacial score (nSPS) is 11.0. The van der Waals surface area contributed by atoms with E-state index in [1.54, 1.807) is 54.2 Å². The van der Waals surface area contributed by atoms with Crippen LogP contribution in [0.2, 0.25) is 5.02 Å². The van der Waals surface area contributed by atoms with Crippen molar-refractivity contribution < 1.29 is 23.9 Å². The Balaban J connectivity index is 1.39. The summed E-state index contributed by atoms with van der Waals surface area (Å²) >= 11 is 6.00. The van der Waals surface area contributed by atoms with Gasteiger partial charge >= 0.3 is 5.97 Å². The fourth-order valence-electron chi connectivity index (χ4n) is 4.46. The maximum atomic E-state index is 13.4. The monoisotopic (exact) mass is 573 g/mol. The molecule has 0 saturated heterocycles. The number of benzene rings is 3. The second kappa shape index (κ2) is 13.2. The molecular formula is C32H32ClN3O5. The predicted molar refractivity (Wildman–Crippen MR) is 162 cm³/mol. The van der Waals surface area contributed by atoms with Gasteiger partial charge in [0.05, 0.1) is 25.6 Å². The number of esters is 1. The molecule has 9 heteroatoms. The van der Waals surface area contributed by atoms with Crippen molar-refractivity contribution in [1.82, 2.24) is 9.88 Å². The first-order valence-corrected chi connectivity index (χ1v) is 13.4. The maximum Gasteiger partial charge on any atom is 0.330 e. The van der Waals surface area contributed by atoms with Gasteiger partial charge in [0, 0.05) is 47.5 Å². The van der Waals surface area contributed by atoms with Crippen molar-refractivity contribution in [2.24, 2.45) is 0 Å². The molecule has 1 N–H and O–H groups in total. The quantitative estimate of drug-likeness (QED) is 0.158.